The number of nitrogens with zero attached hydrogens (tertiary/aromatic N) is 3. The third kappa shape index (κ3) is 3.74. The fourth-order valence-electron chi connectivity index (χ4n) is 3.35. The highest BCUT2D eigenvalue weighted by Crippen LogP contribution is 2.38. The zero-order valence-corrected chi connectivity index (χ0v) is 18.1. The van der Waals surface area contributed by atoms with E-state index < -0.39 is 37.2 Å². The smallest absolute Gasteiger partial charge is 0.187 e. The Morgan fingerprint density at radius 2 is 1.90 bits per heavy atom. The summed E-state index contributed by atoms with van der Waals surface area (Å²) in [7, 11) is -2.81. The molecule has 0 saturated carbocycles. The number of carbonyl (C=O) groups excluding carboxylic acids is 1. The number of hydrogen-bond acceptors (Lipinski definition) is 6. The molecule has 2 heterocycles. The third-order valence-corrected chi connectivity index (χ3v) is 8.63. The van der Waals surface area contributed by atoms with Crippen molar-refractivity contribution < 1.29 is 17.8 Å². The van der Waals surface area contributed by atoms with Gasteiger partial charge in [0.2, 0.25) is 0 Å². The highest BCUT2D eigenvalue weighted by molar-refractivity contribution is 8.02. The summed E-state index contributed by atoms with van der Waals surface area (Å²) < 4.78 is 41.4. The van der Waals surface area contributed by atoms with Gasteiger partial charge in [-0.15, -0.1) is 0 Å². The second-order valence-electron chi connectivity index (χ2n) is 8.32. The zero-order valence-electron chi connectivity index (χ0n) is 17.3. The quantitative estimate of drug-likeness (QED) is 0.589. The molecule has 30 heavy (non-hydrogen) atoms. The zero-order chi connectivity index (χ0) is 22.5. The Balaban J connectivity index is 2.05. The van der Waals surface area contributed by atoms with Gasteiger partial charge in [-0.25, -0.2) is 13.8 Å². The third-order valence-electron chi connectivity index (χ3n) is 5.53. The first kappa shape index (κ1) is 22.0. The standard InChI is InChI=1S/C21H24F2N4O2S/c1-12-9-26-16(10-25-12)17(28)8-13-6-14(18(23)15(22)7-13)21(4)11-30(5,29)20(2,3)19(24)27-21/h6-7,9-10H,5,8,11H2,1-4H3,(H2,24,27)/t21-,30?/m0/s1. The molecule has 2 N–H and O–H groups in total. The van der Waals surface area contributed by atoms with Gasteiger partial charge in [-0.2, -0.15) is 0 Å². The van der Waals surface area contributed by atoms with Gasteiger partial charge in [-0.3, -0.25) is 19.0 Å². The Hall–Kier alpha value is -2.68. The first-order valence-electron chi connectivity index (χ1n) is 9.27. The molecule has 0 fully saturated rings. The molecule has 0 spiro atoms. The number of Topliss-reactive ketones (excluding diaryl/α,β-unsaturated/α-hetero) is 1. The lowest BCUT2D eigenvalue weighted by atomic mass is 9.90. The molecule has 1 aromatic carbocycles. The van der Waals surface area contributed by atoms with Crippen molar-refractivity contribution in [3.63, 3.8) is 0 Å². The van der Waals surface area contributed by atoms with Crippen LogP contribution in [0.5, 0.6) is 0 Å². The predicted octanol–water partition coefficient (Wildman–Crippen LogP) is 2.57. The molecular weight excluding hydrogens is 410 g/mol. The summed E-state index contributed by atoms with van der Waals surface area (Å²) in [6, 6.07) is 2.32. The maximum Gasteiger partial charge on any atom is 0.187 e. The van der Waals surface area contributed by atoms with Crippen molar-refractivity contribution in [3.8, 4) is 0 Å². The molecule has 0 saturated heterocycles. The maximum atomic E-state index is 14.8. The molecule has 6 nitrogen and oxygen atoms in total. The van der Waals surface area contributed by atoms with Crippen molar-refractivity contribution >= 4 is 27.0 Å². The van der Waals surface area contributed by atoms with E-state index in [1.807, 2.05) is 0 Å². The van der Waals surface area contributed by atoms with Crippen LogP contribution in [-0.2, 0) is 21.5 Å². The second kappa shape index (κ2) is 7.23. The Labute approximate surface area is 174 Å². The molecule has 160 valence electrons. The van der Waals surface area contributed by atoms with Gasteiger partial charge in [-0.05, 0) is 60.8 Å². The molecule has 1 aliphatic rings. The average molecular weight is 435 g/mol. The second-order valence-corrected chi connectivity index (χ2v) is 11.3. The van der Waals surface area contributed by atoms with Gasteiger partial charge in [0.05, 0.1) is 22.2 Å². The molecule has 1 aliphatic heterocycles. The van der Waals surface area contributed by atoms with Crippen LogP contribution < -0.4 is 5.73 Å². The molecule has 0 bridgehead atoms. The topological polar surface area (TPSA) is 98.3 Å². The number of amidine groups is 1. The first-order chi connectivity index (χ1) is 13.8. The van der Waals surface area contributed by atoms with E-state index >= 15 is 0 Å². The minimum atomic E-state index is -2.81. The number of carbonyl (C=O) groups is 1. The van der Waals surface area contributed by atoms with Crippen LogP contribution in [0.4, 0.5) is 8.78 Å². The van der Waals surface area contributed by atoms with Gasteiger partial charge in [-0.1, -0.05) is 0 Å². The molecular formula is C21H24F2N4O2S. The van der Waals surface area contributed by atoms with Gasteiger partial charge < -0.3 is 5.73 Å². The number of ketones is 1. The Kier molecular flexibility index (Phi) is 5.30. The number of hydrogen-bond donors (Lipinski definition) is 1. The summed E-state index contributed by atoms with van der Waals surface area (Å²) >= 11 is 0. The number of nitrogens with two attached hydrogens (primary N) is 1. The van der Waals surface area contributed by atoms with Crippen LogP contribution in [0.25, 0.3) is 0 Å². The monoisotopic (exact) mass is 434 g/mol. The van der Waals surface area contributed by atoms with E-state index in [0.29, 0.717) is 5.69 Å². The molecule has 0 amide bonds. The van der Waals surface area contributed by atoms with Crippen molar-refractivity contribution in [2.45, 2.75) is 44.4 Å². The van der Waals surface area contributed by atoms with E-state index in [9.17, 15) is 17.8 Å². The highest BCUT2D eigenvalue weighted by Gasteiger charge is 2.46. The fourth-order valence-corrected chi connectivity index (χ4v) is 5.26. The van der Waals surface area contributed by atoms with Crippen LogP contribution in [0.15, 0.2) is 29.5 Å². The van der Waals surface area contributed by atoms with Crippen LogP contribution >= 0.6 is 0 Å². The lowest BCUT2D eigenvalue weighted by Gasteiger charge is -2.41. The van der Waals surface area contributed by atoms with E-state index in [1.165, 1.54) is 25.4 Å². The number of aryl methyl sites for hydroxylation is 1. The first-order valence-corrected chi connectivity index (χ1v) is 11.2. The molecule has 0 radical (unpaired) electrons. The summed E-state index contributed by atoms with van der Waals surface area (Å²) in [5.74, 6) is 1.13. The lowest BCUT2D eigenvalue weighted by molar-refractivity contribution is 0.0987. The highest BCUT2D eigenvalue weighted by atomic mass is 32.2. The molecule has 1 unspecified atom stereocenters. The van der Waals surface area contributed by atoms with Crippen molar-refractivity contribution in [2.24, 2.45) is 10.7 Å². The normalized spacial score (nSPS) is 25.6. The lowest BCUT2D eigenvalue weighted by Crippen LogP contribution is -2.54. The van der Waals surface area contributed by atoms with Crippen molar-refractivity contribution in [1.82, 2.24) is 9.97 Å². The summed E-state index contributed by atoms with van der Waals surface area (Å²) in [5, 5.41) is 0. The number of rotatable bonds is 4. The van der Waals surface area contributed by atoms with Gasteiger partial charge in [0, 0.05) is 23.9 Å². The minimum absolute atomic E-state index is 0.0625. The summed E-state index contributed by atoms with van der Waals surface area (Å²) in [5.41, 5.74) is 5.57. The molecule has 9 heteroatoms. The van der Waals surface area contributed by atoms with E-state index in [4.69, 9.17) is 5.73 Å². The van der Waals surface area contributed by atoms with E-state index in [0.717, 1.165) is 6.07 Å². The summed E-state index contributed by atoms with van der Waals surface area (Å²) in [6.45, 7) is 6.60. The molecule has 1 aromatic heterocycles. The molecule has 0 aliphatic carbocycles. The predicted molar refractivity (Wildman–Crippen MR) is 114 cm³/mol. The van der Waals surface area contributed by atoms with Crippen LogP contribution in [0.3, 0.4) is 0 Å². The van der Waals surface area contributed by atoms with E-state index in [2.05, 4.69) is 20.8 Å². The summed E-state index contributed by atoms with van der Waals surface area (Å²) in [4.78, 5) is 24.9. The Morgan fingerprint density at radius 3 is 2.47 bits per heavy atom. The number of halogens is 2. The summed E-state index contributed by atoms with van der Waals surface area (Å²) in [6.07, 6.45) is 2.59. The SMILES string of the molecule is C=S1(=O)C[C@@](C)(c2cc(CC(=O)c3cnc(C)cn3)cc(F)c2F)N=C(N)C1(C)C. The minimum Gasteiger partial charge on any atom is -0.386 e. The number of aliphatic imine (C=N–C) groups is 1. The van der Waals surface area contributed by atoms with Crippen molar-refractivity contribution in [3.05, 3.63) is 58.7 Å². The van der Waals surface area contributed by atoms with Gasteiger partial charge >= 0.3 is 0 Å². The fraction of sp³-hybridized carbons (Fsp3) is 0.381. The number of benzene rings is 1. The molecule has 2 aromatic rings. The van der Waals surface area contributed by atoms with E-state index in [1.54, 1.807) is 20.8 Å². The van der Waals surface area contributed by atoms with E-state index in [-0.39, 0.29) is 34.8 Å². The number of aromatic nitrogens is 2. The molecule has 3 rings (SSSR count). The van der Waals surface area contributed by atoms with Crippen LogP contribution in [0.2, 0.25) is 0 Å². The van der Waals surface area contributed by atoms with Crippen LogP contribution in [0, 0.1) is 18.6 Å². The Morgan fingerprint density at radius 1 is 1.23 bits per heavy atom. The van der Waals surface area contributed by atoms with Crippen LogP contribution in [0.1, 0.15) is 48.1 Å². The van der Waals surface area contributed by atoms with Crippen LogP contribution in [-0.4, -0.2) is 42.2 Å². The van der Waals surface area contributed by atoms with Gasteiger partial charge in [0.25, 0.3) is 0 Å². The van der Waals surface area contributed by atoms with Gasteiger partial charge in [0.1, 0.15) is 11.5 Å². The molecule has 2 atom stereocenters. The Bertz CT molecular complexity index is 1160. The van der Waals surface area contributed by atoms with Crippen molar-refractivity contribution in [2.75, 3.05) is 5.75 Å². The van der Waals surface area contributed by atoms with Gasteiger partial charge in [0.15, 0.2) is 17.4 Å². The largest absolute Gasteiger partial charge is 0.386 e. The maximum absolute atomic E-state index is 14.8. The van der Waals surface area contributed by atoms with Crippen molar-refractivity contribution in [1.29, 1.82) is 0 Å². The average Bonchev–Trinajstić information content (AvgIpc) is 2.63.